The smallest absolute Gasteiger partial charge is 0.258 e. The number of sulfonamides is 1. The Morgan fingerprint density at radius 3 is 2.53 bits per heavy atom. The fraction of sp³-hybridized carbons (Fsp3) is 0. The fourth-order valence-electron chi connectivity index (χ4n) is 0.835. The third-order valence-corrected chi connectivity index (χ3v) is 3.80. The van der Waals surface area contributed by atoms with Gasteiger partial charge in [-0.3, -0.25) is 5.43 Å². The van der Waals surface area contributed by atoms with E-state index in [4.69, 9.17) is 5.73 Å². The number of hydrogen-bond donors (Lipinski definition) is 3. The zero-order chi connectivity index (χ0) is 11.5. The maximum Gasteiger partial charge on any atom is 0.258 e. The molecule has 0 fully saturated rings. The summed E-state index contributed by atoms with van der Waals surface area (Å²) in [6.45, 7) is 0. The van der Waals surface area contributed by atoms with Gasteiger partial charge in [0.05, 0.1) is 4.90 Å². The second kappa shape index (κ2) is 4.88. The lowest BCUT2D eigenvalue weighted by molar-refractivity contribution is 0.577. The number of rotatable bonds is 3. The van der Waals surface area contributed by atoms with Crippen LogP contribution in [0.1, 0.15) is 0 Å². The van der Waals surface area contributed by atoms with Crippen LogP contribution in [0.3, 0.4) is 0 Å². The minimum absolute atomic E-state index is 0.105. The summed E-state index contributed by atoms with van der Waals surface area (Å²) >= 11 is 7.60. The van der Waals surface area contributed by atoms with Crippen LogP contribution < -0.4 is 16.0 Å². The first-order valence-electron chi connectivity index (χ1n) is 3.75. The van der Waals surface area contributed by atoms with Crippen molar-refractivity contribution in [2.75, 3.05) is 0 Å². The molecule has 5 nitrogen and oxygen atoms in total. The van der Waals surface area contributed by atoms with Gasteiger partial charge in [-0.15, -0.1) is 4.83 Å². The Kier molecular flexibility index (Phi) is 4.03. The molecule has 0 aliphatic rings. The van der Waals surface area contributed by atoms with Gasteiger partial charge in [0.25, 0.3) is 10.0 Å². The molecule has 0 atom stereocenters. The number of nitrogens with two attached hydrogens (primary N) is 1. The molecular weight excluding hydrogens is 302 g/mol. The third kappa shape index (κ3) is 3.42. The minimum Gasteiger partial charge on any atom is -0.375 e. The molecule has 1 rings (SSSR count). The maximum atomic E-state index is 11.6. The lowest BCUT2D eigenvalue weighted by Gasteiger charge is -2.08. The summed E-state index contributed by atoms with van der Waals surface area (Å²) in [7, 11) is -3.66. The minimum atomic E-state index is -3.66. The van der Waals surface area contributed by atoms with Gasteiger partial charge in [-0.25, -0.2) is 8.42 Å². The number of hydrazine groups is 1. The first kappa shape index (κ1) is 12.4. The Hall–Kier alpha value is -0.700. The second-order valence-corrected chi connectivity index (χ2v) is 5.47. The first-order chi connectivity index (χ1) is 6.93. The molecule has 82 valence electrons. The summed E-state index contributed by atoms with van der Waals surface area (Å²) in [6, 6.07) is 6.40. The molecule has 0 aliphatic carbocycles. The summed E-state index contributed by atoms with van der Waals surface area (Å²) in [6.07, 6.45) is 0. The fourth-order valence-corrected chi connectivity index (χ4v) is 2.81. The molecule has 1 aromatic carbocycles. The Morgan fingerprint density at radius 2 is 2.00 bits per heavy atom. The van der Waals surface area contributed by atoms with Gasteiger partial charge in [-0.2, -0.15) is 0 Å². The molecule has 1 aromatic rings. The van der Waals surface area contributed by atoms with Crippen molar-refractivity contribution in [2.45, 2.75) is 4.90 Å². The van der Waals surface area contributed by atoms with Crippen molar-refractivity contribution in [1.82, 2.24) is 10.3 Å². The Bertz CT molecular complexity index is 475. The van der Waals surface area contributed by atoms with E-state index in [-0.39, 0.29) is 10.0 Å². The monoisotopic (exact) mass is 309 g/mol. The summed E-state index contributed by atoms with van der Waals surface area (Å²) in [5, 5.41) is -0.148. The number of benzene rings is 1. The average Bonchev–Trinajstić information content (AvgIpc) is 2.15. The first-order valence-corrected chi connectivity index (χ1v) is 6.44. The molecule has 15 heavy (non-hydrogen) atoms. The number of halogens is 1. The number of thiocarbonyl (C=S) groups is 1. The van der Waals surface area contributed by atoms with E-state index in [9.17, 15) is 8.42 Å². The van der Waals surface area contributed by atoms with Crippen molar-refractivity contribution in [3.63, 3.8) is 0 Å². The van der Waals surface area contributed by atoms with Gasteiger partial charge >= 0.3 is 0 Å². The zero-order valence-electron chi connectivity index (χ0n) is 7.40. The third-order valence-electron chi connectivity index (χ3n) is 1.43. The normalized spacial score (nSPS) is 11.0. The second-order valence-electron chi connectivity index (χ2n) is 2.53. The van der Waals surface area contributed by atoms with Gasteiger partial charge < -0.3 is 5.73 Å². The van der Waals surface area contributed by atoms with Gasteiger partial charge in [0, 0.05) is 4.47 Å². The average molecular weight is 310 g/mol. The van der Waals surface area contributed by atoms with Crippen molar-refractivity contribution < 1.29 is 8.42 Å². The molecule has 0 radical (unpaired) electrons. The van der Waals surface area contributed by atoms with Gasteiger partial charge in [-0.1, -0.05) is 12.1 Å². The highest BCUT2D eigenvalue weighted by Gasteiger charge is 2.16. The van der Waals surface area contributed by atoms with Crippen molar-refractivity contribution in [3.8, 4) is 0 Å². The molecular formula is C7H8BrN3O2S2. The predicted molar refractivity (Wildman–Crippen MR) is 64.4 cm³/mol. The molecule has 0 saturated carbocycles. The standard InChI is InChI=1S/C7H8BrN3O2S2/c8-5-3-1-2-4-6(5)15(12,13)11-10-7(9)14/h1-4,11H,(H3,9,10,14). The highest BCUT2D eigenvalue weighted by Crippen LogP contribution is 2.20. The molecule has 8 heteroatoms. The summed E-state index contributed by atoms with van der Waals surface area (Å²) in [5.41, 5.74) is 7.26. The summed E-state index contributed by atoms with van der Waals surface area (Å²) in [4.78, 5) is 2.15. The van der Waals surface area contributed by atoms with Crippen LogP contribution in [0.2, 0.25) is 0 Å². The zero-order valence-corrected chi connectivity index (χ0v) is 10.6. The van der Waals surface area contributed by atoms with Crippen molar-refractivity contribution in [3.05, 3.63) is 28.7 Å². The van der Waals surface area contributed by atoms with Crippen LogP contribution in [0, 0.1) is 0 Å². The molecule has 0 saturated heterocycles. The van der Waals surface area contributed by atoms with Crippen molar-refractivity contribution in [1.29, 1.82) is 0 Å². The molecule has 0 aromatic heterocycles. The summed E-state index contributed by atoms with van der Waals surface area (Å²) in [5.74, 6) is 0. The molecule has 0 spiro atoms. The van der Waals surface area contributed by atoms with E-state index in [1.54, 1.807) is 18.2 Å². The van der Waals surface area contributed by atoms with Gasteiger partial charge in [0.1, 0.15) is 0 Å². The molecule has 0 amide bonds. The predicted octanol–water partition coefficient (Wildman–Crippen LogP) is 0.476. The van der Waals surface area contributed by atoms with E-state index in [1.165, 1.54) is 6.07 Å². The molecule has 0 aliphatic heterocycles. The van der Waals surface area contributed by atoms with Gasteiger partial charge in [-0.05, 0) is 40.3 Å². The number of nitrogens with one attached hydrogen (secondary N) is 2. The van der Waals surface area contributed by atoms with Crippen LogP contribution in [0.4, 0.5) is 0 Å². The summed E-state index contributed by atoms with van der Waals surface area (Å²) < 4.78 is 23.7. The van der Waals surface area contributed by atoms with Gasteiger partial charge in [0.2, 0.25) is 0 Å². The van der Waals surface area contributed by atoms with Crippen LogP contribution in [0.25, 0.3) is 0 Å². The van der Waals surface area contributed by atoms with Crippen LogP contribution in [0.5, 0.6) is 0 Å². The molecule has 0 bridgehead atoms. The van der Waals surface area contributed by atoms with E-state index in [0.29, 0.717) is 4.47 Å². The van der Waals surface area contributed by atoms with Gasteiger partial charge in [0.15, 0.2) is 5.11 Å². The van der Waals surface area contributed by atoms with E-state index in [1.807, 2.05) is 4.83 Å². The topological polar surface area (TPSA) is 84.2 Å². The van der Waals surface area contributed by atoms with E-state index >= 15 is 0 Å². The number of hydrogen-bond acceptors (Lipinski definition) is 3. The highest BCUT2D eigenvalue weighted by molar-refractivity contribution is 9.10. The largest absolute Gasteiger partial charge is 0.375 e. The van der Waals surface area contributed by atoms with Crippen LogP contribution >= 0.6 is 28.1 Å². The highest BCUT2D eigenvalue weighted by atomic mass is 79.9. The quantitative estimate of drug-likeness (QED) is 0.558. The Labute approximate surface area is 101 Å². The Balaban J connectivity index is 2.97. The van der Waals surface area contributed by atoms with E-state index in [2.05, 4.69) is 33.6 Å². The van der Waals surface area contributed by atoms with Crippen molar-refractivity contribution in [2.24, 2.45) is 5.73 Å². The van der Waals surface area contributed by atoms with Crippen molar-refractivity contribution >= 4 is 43.3 Å². The SMILES string of the molecule is NC(=S)NNS(=O)(=O)c1ccccc1Br. The lowest BCUT2D eigenvalue weighted by Crippen LogP contribution is -2.44. The molecule has 0 unspecified atom stereocenters. The van der Waals surface area contributed by atoms with Crippen LogP contribution in [0.15, 0.2) is 33.6 Å². The molecule has 0 heterocycles. The van der Waals surface area contributed by atoms with E-state index < -0.39 is 10.0 Å². The van der Waals surface area contributed by atoms with Crippen LogP contribution in [-0.2, 0) is 10.0 Å². The maximum absolute atomic E-state index is 11.6. The molecule has 4 N–H and O–H groups in total. The Morgan fingerprint density at radius 1 is 1.40 bits per heavy atom. The lowest BCUT2D eigenvalue weighted by atomic mass is 10.4. The van der Waals surface area contributed by atoms with Crippen LogP contribution in [-0.4, -0.2) is 13.5 Å². The van der Waals surface area contributed by atoms with E-state index in [0.717, 1.165) is 0 Å².